The summed E-state index contributed by atoms with van der Waals surface area (Å²) < 4.78 is 9.31. The fourth-order valence-electron chi connectivity index (χ4n) is 14.5. The Balaban J connectivity index is 1.09. The lowest BCUT2D eigenvalue weighted by Crippen LogP contribution is -2.60. The molecule has 0 radical (unpaired) electrons. The first kappa shape index (κ1) is 41.0. The Morgan fingerprint density at radius 1 is 0.471 bits per heavy atom. The average Bonchev–Trinajstić information content (AvgIpc) is 4.00. The predicted molar refractivity (Wildman–Crippen MR) is 296 cm³/mol. The van der Waals surface area contributed by atoms with Gasteiger partial charge in [-0.2, -0.15) is 0 Å². The zero-order valence-electron chi connectivity index (χ0n) is 42.5. The van der Waals surface area contributed by atoms with Gasteiger partial charge in [-0.05, 0) is 161 Å². The van der Waals surface area contributed by atoms with E-state index in [0.717, 1.165) is 21.9 Å². The van der Waals surface area contributed by atoms with Crippen molar-refractivity contribution < 1.29 is 4.42 Å². The second kappa shape index (κ2) is 12.8. The van der Waals surface area contributed by atoms with Gasteiger partial charge in [0, 0.05) is 55.0 Å². The minimum Gasteiger partial charge on any atom is -0.456 e. The molecule has 5 aliphatic rings. The van der Waals surface area contributed by atoms with Gasteiger partial charge in [-0.25, -0.2) is 0 Å². The molecule has 0 unspecified atom stereocenters. The Morgan fingerprint density at radius 3 is 1.89 bits per heavy atom. The van der Waals surface area contributed by atoms with Crippen LogP contribution in [0, 0.1) is 0 Å². The maximum Gasteiger partial charge on any atom is 0.333 e. The van der Waals surface area contributed by atoms with Gasteiger partial charge in [-0.1, -0.05) is 155 Å². The molecule has 70 heavy (non-hydrogen) atoms. The van der Waals surface area contributed by atoms with Gasteiger partial charge in [0.15, 0.2) is 0 Å². The topological polar surface area (TPSA) is 21.3 Å². The van der Waals surface area contributed by atoms with Crippen molar-refractivity contribution in [1.29, 1.82) is 0 Å². The van der Waals surface area contributed by atoms with Gasteiger partial charge >= 0.3 is 6.85 Å². The van der Waals surface area contributed by atoms with Gasteiger partial charge in [0.05, 0.1) is 11.0 Å². The van der Waals surface area contributed by atoms with Crippen molar-refractivity contribution in [3.8, 4) is 39.1 Å². The number of rotatable bonds is 1. The molecule has 0 fully saturated rings. The molecule has 0 amide bonds. The van der Waals surface area contributed by atoms with E-state index in [1.807, 2.05) is 0 Å². The molecule has 0 atom stereocenters. The second-order valence-corrected chi connectivity index (χ2v) is 25.2. The number of nitrogens with zero attached hydrogens (tertiary/aromatic N) is 2. The summed E-state index contributed by atoms with van der Waals surface area (Å²) in [4.78, 5) is 2.75. The summed E-state index contributed by atoms with van der Waals surface area (Å²) in [6.45, 7) is 26.5. The van der Waals surface area contributed by atoms with E-state index in [1.54, 1.807) is 0 Å². The van der Waals surface area contributed by atoms with Crippen LogP contribution in [-0.2, 0) is 27.1 Å². The molecule has 0 saturated heterocycles. The number of hydrogen-bond donors (Lipinski definition) is 0. The number of benzene rings is 8. The van der Waals surface area contributed by atoms with Crippen LogP contribution in [0.2, 0.25) is 0 Å². The highest BCUT2D eigenvalue weighted by atomic mass is 16.3. The number of aromatic nitrogens is 1. The molecule has 10 aromatic rings. The normalized spacial score (nSPS) is 17.9. The SMILES string of the molecule is CC(C)(C)c1ccc(N2B3c4cc5c(cc4-n4c6cc7c(cc6c6ccc(c3c64)-c3cc4c(cc32)-c2cc3c(cc2C4(C)C)C(C)(C)CCC3(C)C)oc2ccccc27)C(C)(C)c2ccccc2-5)cc1. The summed E-state index contributed by atoms with van der Waals surface area (Å²) >= 11 is 0. The van der Waals surface area contributed by atoms with Crippen LogP contribution < -0.4 is 15.7 Å². The fraction of sp³-hybridized carbons (Fsp3) is 0.273. The van der Waals surface area contributed by atoms with Crippen molar-refractivity contribution in [3.63, 3.8) is 0 Å². The lowest BCUT2D eigenvalue weighted by molar-refractivity contribution is 0.331. The molecular formula is C66H59BN2O. The van der Waals surface area contributed by atoms with Crippen molar-refractivity contribution >= 4 is 72.9 Å². The molecule has 4 heterocycles. The predicted octanol–water partition coefficient (Wildman–Crippen LogP) is 16.2. The Kier molecular flexibility index (Phi) is 7.48. The number of hydrogen-bond acceptors (Lipinski definition) is 2. The molecule has 4 heteroatoms. The minimum atomic E-state index is -0.178. The van der Waals surface area contributed by atoms with Gasteiger partial charge in [0.2, 0.25) is 0 Å². The Bertz CT molecular complexity index is 4050. The molecule has 0 bridgehead atoms. The highest BCUT2D eigenvalue weighted by Gasteiger charge is 2.49. The number of fused-ring (bicyclic) bond motifs is 18. The van der Waals surface area contributed by atoms with Gasteiger partial charge in [-0.3, -0.25) is 0 Å². The second-order valence-electron chi connectivity index (χ2n) is 25.2. The van der Waals surface area contributed by atoms with Crippen LogP contribution in [0.4, 0.5) is 11.4 Å². The first-order valence-electron chi connectivity index (χ1n) is 25.8. The van der Waals surface area contributed by atoms with Gasteiger partial charge in [0.1, 0.15) is 11.2 Å². The monoisotopic (exact) mass is 906 g/mol. The molecular weight excluding hydrogens is 848 g/mol. The van der Waals surface area contributed by atoms with Crippen LogP contribution >= 0.6 is 0 Å². The van der Waals surface area contributed by atoms with E-state index in [1.165, 1.54) is 135 Å². The number of furan rings is 1. The molecule has 8 aromatic carbocycles. The van der Waals surface area contributed by atoms with Crippen molar-refractivity contribution in [3.05, 3.63) is 172 Å². The molecule has 0 N–H and O–H groups in total. The zero-order chi connectivity index (χ0) is 47.9. The first-order valence-corrected chi connectivity index (χ1v) is 25.8. The standard InChI is InChI=1S/C66H59BN2O/c1-62(2,3)36-20-22-37(23-21-36)69-56-31-44-42-28-52-53(64(6,7)27-26-63(52,4)5)34-50(42)66(10,11)49(44)29-45(56)40-24-25-41-46-33-59-47(39-17-13-15-19-58(39)70-59)32-55(46)68-57-35-51-43(30-54(57)67(69)60(40)61(41)68)38-16-12-14-18-48(38)65(51,8)9/h12-25,28-35H,26-27H2,1-11H3. The maximum absolute atomic E-state index is 6.65. The van der Waals surface area contributed by atoms with Crippen LogP contribution in [0.5, 0.6) is 0 Å². The third-order valence-corrected chi connectivity index (χ3v) is 18.6. The summed E-state index contributed by atoms with van der Waals surface area (Å²) in [7, 11) is 0. The third kappa shape index (κ3) is 4.98. The zero-order valence-corrected chi connectivity index (χ0v) is 42.5. The van der Waals surface area contributed by atoms with E-state index in [2.05, 4.69) is 219 Å². The lowest BCUT2D eigenvalue weighted by atomic mass is 9.43. The van der Waals surface area contributed by atoms with Crippen LogP contribution in [0.3, 0.4) is 0 Å². The maximum atomic E-state index is 6.65. The Labute approximate surface area is 412 Å². The average molecular weight is 907 g/mol. The molecule has 0 saturated carbocycles. The molecule has 3 aliphatic carbocycles. The number of anilines is 2. The summed E-state index contributed by atoms with van der Waals surface area (Å²) in [5, 5.41) is 4.81. The highest BCUT2D eigenvalue weighted by molar-refractivity contribution is 6.93. The lowest BCUT2D eigenvalue weighted by Gasteiger charge is -2.43. The summed E-state index contributed by atoms with van der Waals surface area (Å²) in [5.74, 6) is 0. The Morgan fingerprint density at radius 2 is 1.11 bits per heavy atom. The molecule has 15 rings (SSSR count). The number of para-hydroxylation sites is 1. The highest BCUT2D eigenvalue weighted by Crippen LogP contribution is 2.58. The molecule has 2 aliphatic heterocycles. The first-order chi connectivity index (χ1) is 33.3. The van der Waals surface area contributed by atoms with Crippen molar-refractivity contribution in [1.82, 2.24) is 4.57 Å². The van der Waals surface area contributed by atoms with Gasteiger partial charge in [-0.15, -0.1) is 0 Å². The molecule has 0 spiro atoms. The van der Waals surface area contributed by atoms with Crippen LogP contribution in [-0.4, -0.2) is 11.4 Å². The van der Waals surface area contributed by atoms with E-state index < -0.39 is 0 Å². The Hall–Kier alpha value is -6.78. The van der Waals surface area contributed by atoms with Gasteiger partial charge in [0.25, 0.3) is 0 Å². The van der Waals surface area contributed by atoms with E-state index in [9.17, 15) is 0 Å². The fourth-order valence-corrected chi connectivity index (χ4v) is 14.5. The van der Waals surface area contributed by atoms with Crippen molar-refractivity contribution in [2.75, 3.05) is 4.81 Å². The summed E-state index contributed by atoms with van der Waals surface area (Å²) in [5.41, 5.74) is 29.0. The van der Waals surface area contributed by atoms with Crippen molar-refractivity contribution in [2.24, 2.45) is 0 Å². The summed E-state index contributed by atoms with van der Waals surface area (Å²) in [6.07, 6.45) is 2.40. The molecule has 342 valence electrons. The third-order valence-electron chi connectivity index (χ3n) is 18.6. The van der Waals surface area contributed by atoms with Crippen LogP contribution in [0.25, 0.3) is 82.8 Å². The van der Waals surface area contributed by atoms with Crippen LogP contribution in [0.15, 0.2) is 138 Å². The van der Waals surface area contributed by atoms with Crippen LogP contribution in [0.1, 0.15) is 128 Å². The quantitative estimate of drug-likeness (QED) is 0.153. The van der Waals surface area contributed by atoms with Gasteiger partial charge < -0.3 is 13.8 Å². The molecule has 3 nitrogen and oxygen atoms in total. The van der Waals surface area contributed by atoms with E-state index in [-0.39, 0.29) is 33.9 Å². The smallest absolute Gasteiger partial charge is 0.333 e. The minimum absolute atomic E-state index is 0.0261. The summed E-state index contributed by atoms with van der Waals surface area (Å²) in [6, 6.07) is 52.6. The van der Waals surface area contributed by atoms with Crippen molar-refractivity contribution in [2.45, 2.75) is 116 Å². The van der Waals surface area contributed by atoms with E-state index in [4.69, 9.17) is 4.42 Å². The molecule has 2 aromatic heterocycles. The van der Waals surface area contributed by atoms with E-state index >= 15 is 0 Å². The van der Waals surface area contributed by atoms with E-state index in [0.29, 0.717) is 0 Å². The largest absolute Gasteiger partial charge is 0.456 e.